The summed E-state index contributed by atoms with van der Waals surface area (Å²) in [5, 5.41) is 2.85. The number of hydrogen-bond donors (Lipinski definition) is 1. The lowest BCUT2D eigenvalue weighted by atomic mass is 10.2. The van der Waals surface area contributed by atoms with Crippen LogP contribution in [0.25, 0.3) is 0 Å². The summed E-state index contributed by atoms with van der Waals surface area (Å²) in [6.07, 6.45) is 1.28. The van der Waals surface area contributed by atoms with E-state index in [1.807, 2.05) is 55.5 Å². The second-order valence-corrected chi connectivity index (χ2v) is 5.33. The van der Waals surface area contributed by atoms with Gasteiger partial charge in [-0.1, -0.05) is 24.6 Å². The Morgan fingerprint density at radius 2 is 1.48 bits per heavy atom. The molecular formula is C19H23NO3. The molecule has 23 heavy (non-hydrogen) atoms. The zero-order valence-corrected chi connectivity index (χ0v) is 13.7. The molecule has 0 aliphatic heterocycles. The van der Waals surface area contributed by atoms with Crippen LogP contribution in [0.2, 0.25) is 0 Å². The van der Waals surface area contributed by atoms with Gasteiger partial charge in [-0.25, -0.2) is 0 Å². The van der Waals surface area contributed by atoms with E-state index in [1.54, 1.807) is 0 Å². The van der Waals surface area contributed by atoms with Gasteiger partial charge < -0.3 is 14.8 Å². The van der Waals surface area contributed by atoms with Crippen LogP contribution in [-0.2, 0) is 4.79 Å². The van der Waals surface area contributed by atoms with Crippen molar-refractivity contribution in [2.45, 2.75) is 26.7 Å². The van der Waals surface area contributed by atoms with Crippen LogP contribution < -0.4 is 14.8 Å². The van der Waals surface area contributed by atoms with Crippen molar-refractivity contribution in [2.24, 2.45) is 0 Å². The van der Waals surface area contributed by atoms with Crippen molar-refractivity contribution in [1.82, 2.24) is 0 Å². The predicted octanol–water partition coefficient (Wildman–Crippen LogP) is 4.19. The van der Waals surface area contributed by atoms with Crippen molar-refractivity contribution in [3.8, 4) is 11.5 Å². The molecule has 0 aliphatic carbocycles. The first kappa shape index (κ1) is 16.9. The molecule has 0 atom stereocenters. The van der Waals surface area contributed by atoms with Gasteiger partial charge >= 0.3 is 0 Å². The molecular weight excluding hydrogens is 290 g/mol. The lowest BCUT2D eigenvalue weighted by Gasteiger charge is -2.09. The second kappa shape index (κ2) is 8.83. The number of aryl methyl sites for hydroxylation is 1. The summed E-state index contributed by atoms with van der Waals surface area (Å²) in [7, 11) is 0. The molecule has 0 heterocycles. The SMILES string of the molecule is CCCOc1ccc(NC(=O)CCOc2ccc(C)cc2)cc1. The highest BCUT2D eigenvalue weighted by Crippen LogP contribution is 2.16. The fourth-order valence-electron chi connectivity index (χ4n) is 1.97. The largest absolute Gasteiger partial charge is 0.494 e. The number of carbonyl (C=O) groups is 1. The van der Waals surface area contributed by atoms with Crippen molar-refractivity contribution in [3.05, 3.63) is 54.1 Å². The Hall–Kier alpha value is -2.49. The molecule has 2 aromatic rings. The predicted molar refractivity (Wildman–Crippen MR) is 92.1 cm³/mol. The number of rotatable bonds is 8. The third-order valence-electron chi connectivity index (χ3n) is 3.23. The first-order valence-corrected chi connectivity index (χ1v) is 7.89. The first-order valence-electron chi connectivity index (χ1n) is 7.89. The maximum absolute atomic E-state index is 11.9. The summed E-state index contributed by atoms with van der Waals surface area (Å²) in [4.78, 5) is 11.9. The molecule has 0 saturated carbocycles. The number of amides is 1. The van der Waals surface area contributed by atoms with Gasteiger partial charge in [0.15, 0.2) is 0 Å². The maximum Gasteiger partial charge on any atom is 0.227 e. The van der Waals surface area contributed by atoms with E-state index in [1.165, 1.54) is 5.56 Å². The smallest absolute Gasteiger partial charge is 0.227 e. The summed E-state index contributed by atoms with van der Waals surface area (Å²) >= 11 is 0. The van der Waals surface area contributed by atoms with Crippen LogP contribution in [0.1, 0.15) is 25.3 Å². The Kier molecular flexibility index (Phi) is 6.48. The van der Waals surface area contributed by atoms with Crippen molar-refractivity contribution < 1.29 is 14.3 Å². The number of anilines is 1. The Labute approximate surface area is 137 Å². The van der Waals surface area contributed by atoms with Crippen LogP contribution in [0.15, 0.2) is 48.5 Å². The van der Waals surface area contributed by atoms with Gasteiger partial charge in [-0.15, -0.1) is 0 Å². The fourth-order valence-corrected chi connectivity index (χ4v) is 1.97. The first-order chi connectivity index (χ1) is 11.2. The lowest BCUT2D eigenvalue weighted by Crippen LogP contribution is -2.15. The lowest BCUT2D eigenvalue weighted by molar-refractivity contribution is -0.116. The minimum atomic E-state index is -0.0701. The molecule has 0 fully saturated rings. The molecule has 0 saturated heterocycles. The highest BCUT2D eigenvalue weighted by atomic mass is 16.5. The van der Waals surface area contributed by atoms with Crippen molar-refractivity contribution in [3.63, 3.8) is 0 Å². The van der Waals surface area contributed by atoms with Gasteiger partial charge in [0, 0.05) is 5.69 Å². The summed E-state index contributed by atoms with van der Waals surface area (Å²) in [5.41, 5.74) is 1.94. The Morgan fingerprint density at radius 1 is 0.913 bits per heavy atom. The third-order valence-corrected chi connectivity index (χ3v) is 3.23. The van der Waals surface area contributed by atoms with Crippen LogP contribution in [0.3, 0.4) is 0 Å². The fraction of sp³-hybridized carbons (Fsp3) is 0.316. The number of carbonyl (C=O) groups excluding carboxylic acids is 1. The van der Waals surface area contributed by atoms with Gasteiger partial charge in [0.2, 0.25) is 5.91 Å². The van der Waals surface area contributed by atoms with Gasteiger partial charge in [0.05, 0.1) is 19.6 Å². The molecule has 0 bridgehead atoms. The highest BCUT2D eigenvalue weighted by Gasteiger charge is 2.03. The maximum atomic E-state index is 11.9. The van der Waals surface area contributed by atoms with E-state index in [0.717, 1.165) is 23.6 Å². The van der Waals surface area contributed by atoms with E-state index in [4.69, 9.17) is 9.47 Å². The average Bonchev–Trinajstić information content (AvgIpc) is 2.56. The Morgan fingerprint density at radius 3 is 2.09 bits per heavy atom. The molecule has 0 unspecified atom stereocenters. The summed E-state index contributed by atoms with van der Waals surface area (Å²) in [6.45, 7) is 5.14. The molecule has 2 rings (SSSR count). The molecule has 0 spiro atoms. The van der Waals surface area contributed by atoms with Crippen LogP contribution in [0.5, 0.6) is 11.5 Å². The number of nitrogens with one attached hydrogen (secondary N) is 1. The average molecular weight is 313 g/mol. The molecule has 4 nitrogen and oxygen atoms in total. The van der Waals surface area contributed by atoms with Crippen LogP contribution in [0, 0.1) is 6.92 Å². The van der Waals surface area contributed by atoms with Gasteiger partial charge in [0.1, 0.15) is 11.5 Å². The second-order valence-electron chi connectivity index (χ2n) is 5.33. The standard InChI is InChI=1S/C19H23NO3/c1-3-13-22-18-10-6-16(7-11-18)20-19(21)12-14-23-17-8-4-15(2)5-9-17/h4-11H,3,12-14H2,1-2H3,(H,20,21). The number of ether oxygens (including phenoxy) is 2. The zero-order chi connectivity index (χ0) is 16.5. The van der Waals surface area contributed by atoms with Crippen molar-refractivity contribution >= 4 is 11.6 Å². The minimum absolute atomic E-state index is 0.0701. The van der Waals surface area contributed by atoms with E-state index < -0.39 is 0 Å². The van der Waals surface area contributed by atoms with Crippen molar-refractivity contribution in [2.75, 3.05) is 18.5 Å². The number of hydrogen-bond acceptors (Lipinski definition) is 3. The van der Waals surface area contributed by atoms with E-state index in [0.29, 0.717) is 19.6 Å². The summed E-state index contributed by atoms with van der Waals surface area (Å²) in [5.74, 6) is 1.52. The van der Waals surface area contributed by atoms with E-state index in [-0.39, 0.29) is 5.91 Å². The van der Waals surface area contributed by atoms with Crippen molar-refractivity contribution in [1.29, 1.82) is 0 Å². The van der Waals surface area contributed by atoms with Gasteiger partial charge in [-0.05, 0) is 49.7 Å². The monoisotopic (exact) mass is 313 g/mol. The summed E-state index contributed by atoms with van der Waals surface area (Å²) < 4.78 is 11.1. The van der Waals surface area contributed by atoms with Crippen LogP contribution in [0.4, 0.5) is 5.69 Å². The highest BCUT2D eigenvalue weighted by molar-refractivity contribution is 5.90. The molecule has 1 amide bonds. The van der Waals surface area contributed by atoms with Crippen LogP contribution in [-0.4, -0.2) is 19.1 Å². The van der Waals surface area contributed by atoms with Gasteiger partial charge in [0.25, 0.3) is 0 Å². The minimum Gasteiger partial charge on any atom is -0.494 e. The third kappa shape index (κ3) is 6.02. The number of benzene rings is 2. The summed E-state index contributed by atoms with van der Waals surface area (Å²) in [6, 6.07) is 15.2. The molecule has 122 valence electrons. The van der Waals surface area contributed by atoms with Gasteiger partial charge in [-0.3, -0.25) is 4.79 Å². The molecule has 0 aliphatic rings. The van der Waals surface area contributed by atoms with E-state index in [2.05, 4.69) is 12.2 Å². The molecule has 4 heteroatoms. The Balaban J connectivity index is 1.72. The Bertz CT molecular complexity index is 606. The van der Waals surface area contributed by atoms with E-state index in [9.17, 15) is 4.79 Å². The normalized spacial score (nSPS) is 10.2. The molecule has 1 N–H and O–H groups in total. The topological polar surface area (TPSA) is 47.6 Å². The van der Waals surface area contributed by atoms with Gasteiger partial charge in [-0.2, -0.15) is 0 Å². The molecule has 2 aromatic carbocycles. The van der Waals surface area contributed by atoms with E-state index >= 15 is 0 Å². The van der Waals surface area contributed by atoms with Crippen LogP contribution >= 0.6 is 0 Å². The molecule has 0 aromatic heterocycles. The quantitative estimate of drug-likeness (QED) is 0.795. The molecule has 0 radical (unpaired) electrons. The zero-order valence-electron chi connectivity index (χ0n) is 13.7.